The minimum Gasteiger partial charge on any atom is -0.492 e. The molecule has 1 fully saturated rings. The van der Waals surface area contributed by atoms with E-state index in [-0.39, 0.29) is 0 Å². The van der Waals surface area contributed by atoms with Crippen LogP contribution in [0.5, 0.6) is 5.75 Å². The van der Waals surface area contributed by atoms with E-state index in [4.69, 9.17) is 9.47 Å². The minimum atomic E-state index is -1.34. The number of para-hydroxylation sites is 1. The summed E-state index contributed by atoms with van der Waals surface area (Å²) in [7, 11) is -1.34. The van der Waals surface area contributed by atoms with Gasteiger partial charge in [0, 0.05) is 37.6 Å². The molecule has 36 heavy (non-hydrogen) atoms. The van der Waals surface area contributed by atoms with Gasteiger partial charge in [-0.15, -0.1) is 0 Å². The van der Waals surface area contributed by atoms with Crippen molar-refractivity contribution in [3.63, 3.8) is 0 Å². The molecule has 1 aliphatic heterocycles. The molecular weight excluding hydrogens is 544 g/mol. The average molecular weight is 576 g/mol. The Labute approximate surface area is 222 Å². The molecule has 0 spiro atoms. The largest absolute Gasteiger partial charge is 0.492 e. The summed E-state index contributed by atoms with van der Waals surface area (Å²) < 4.78 is 27.8. The number of hydrogen-bond acceptors (Lipinski definition) is 8. The number of morpholine rings is 1. The van der Waals surface area contributed by atoms with Gasteiger partial charge in [0.1, 0.15) is 22.6 Å². The van der Waals surface area contributed by atoms with Crippen molar-refractivity contribution in [1.29, 1.82) is 0 Å². The molecule has 11 heteroatoms. The molecule has 0 aliphatic carbocycles. The molecular formula is C25H31BrN6O3S. The van der Waals surface area contributed by atoms with Gasteiger partial charge in [-0.05, 0) is 53.5 Å². The summed E-state index contributed by atoms with van der Waals surface area (Å²) in [6, 6.07) is 13.5. The Balaban J connectivity index is 1.56. The number of anilines is 5. The van der Waals surface area contributed by atoms with Gasteiger partial charge in [0.25, 0.3) is 0 Å². The molecule has 0 bridgehead atoms. The molecule has 1 aromatic heterocycles. The highest BCUT2D eigenvalue weighted by Crippen LogP contribution is 2.33. The average Bonchev–Trinajstić information content (AvgIpc) is 2.91. The summed E-state index contributed by atoms with van der Waals surface area (Å²) in [4.78, 5) is 12.0. The van der Waals surface area contributed by atoms with Crippen molar-refractivity contribution in [2.75, 3.05) is 55.0 Å². The molecule has 1 atom stereocenters. The molecule has 1 aliphatic rings. The van der Waals surface area contributed by atoms with Crippen LogP contribution in [-0.4, -0.2) is 53.6 Å². The van der Waals surface area contributed by atoms with E-state index < -0.39 is 11.0 Å². The van der Waals surface area contributed by atoms with Crippen LogP contribution in [0.2, 0.25) is 0 Å². The van der Waals surface area contributed by atoms with E-state index >= 15 is 0 Å². The lowest BCUT2D eigenvalue weighted by Crippen LogP contribution is -2.36. The predicted octanol–water partition coefficient (Wildman–Crippen LogP) is 4.98. The standard InChI is InChI=1S/C25H31BrN6O3S/c1-3-11-28-36(33)23-8-6-5-7-21(23)29-24-19(26)17-27-25(31-24)30-20-10-9-18(16-22(20)35-4-2)32-12-14-34-15-13-32/h5-10,16-17,28H,3-4,11-15H2,1-2H3,(H2,27,29,30,31). The molecule has 9 nitrogen and oxygen atoms in total. The van der Waals surface area contributed by atoms with E-state index in [0.717, 1.165) is 49.8 Å². The Morgan fingerprint density at radius 1 is 1.11 bits per heavy atom. The third kappa shape index (κ3) is 6.73. The van der Waals surface area contributed by atoms with Crippen LogP contribution in [0.3, 0.4) is 0 Å². The summed E-state index contributed by atoms with van der Waals surface area (Å²) in [5.41, 5.74) is 2.56. The van der Waals surface area contributed by atoms with Crippen molar-refractivity contribution >= 4 is 55.7 Å². The third-order valence-corrected chi connectivity index (χ3v) is 7.26. The summed E-state index contributed by atoms with van der Waals surface area (Å²) in [5, 5.41) is 6.58. The second-order valence-corrected chi connectivity index (χ2v) is 10.1. The zero-order valence-electron chi connectivity index (χ0n) is 20.4. The maximum atomic E-state index is 12.7. The van der Waals surface area contributed by atoms with E-state index in [9.17, 15) is 4.21 Å². The summed E-state index contributed by atoms with van der Waals surface area (Å²) in [6.45, 7) is 8.34. The van der Waals surface area contributed by atoms with Crippen molar-refractivity contribution in [3.05, 3.63) is 53.1 Å². The zero-order chi connectivity index (χ0) is 25.3. The zero-order valence-corrected chi connectivity index (χ0v) is 22.8. The summed E-state index contributed by atoms with van der Waals surface area (Å²) in [5.74, 6) is 1.68. The van der Waals surface area contributed by atoms with Gasteiger partial charge in [-0.2, -0.15) is 4.98 Å². The van der Waals surface area contributed by atoms with Crippen LogP contribution in [0, 0.1) is 0 Å². The molecule has 0 saturated carbocycles. The highest BCUT2D eigenvalue weighted by atomic mass is 79.9. The van der Waals surface area contributed by atoms with Gasteiger partial charge in [0.05, 0.1) is 40.6 Å². The number of ether oxygens (including phenoxy) is 2. The van der Waals surface area contributed by atoms with Crippen LogP contribution in [0.25, 0.3) is 0 Å². The number of benzene rings is 2. The Morgan fingerprint density at radius 3 is 2.69 bits per heavy atom. The maximum absolute atomic E-state index is 12.7. The maximum Gasteiger partial charge on any atom is 0.229 e. The fraction of sp³-hybridized carbons (Fsp3) is 0.360. The van der Waals surface area contributed by atoms with Crippen LogP contribution < -0.4 is 25.0 Å². The van der Waals surface area contributed by atoms with E-state index in [2.05, 4.69) is 52.2 Å². The molecule has 2 aromatic carbocycles. The van der Waals surface area contributed by atoms with E-state index in [1.807, 2.05) is 50.2 Å². The van der Waals surface area contributed by atoms with Crippen molar-refractivity contribution in [1.82, 2.24) is 14.7 Å². The van der Waals surface area contributed by atoms with Gasteiger partial charge < -0.3 is 25.0 Å². The van der Waals surface area contributed by atoms with Crippen LogP contribution >= 0.6 is 15.9 Å². The molecule has 1 saturated heterocycles. The predicted molar refractivity (Wildman–Crippen MR) is 148 cm³/mol. The minimum absolute atomic E-state index is 0.406. The number of hydrogen-bond donors (Lipinski definition) is 3. The Kier molecular flexibility index (Phi) is 9.51. The first kappa shape index (κ1) is 26.3. The van der Waals surface area contributed by atoms with Gasteiger partial charge in [-0.25, -0.2) is 13.9 Å². The number of nitrogens with one attached hydrogen (secondary N) is 3. The van der Waals surface area contributed by atoms with E-state index in [1.165, 1.54) is 0 Å². The first-order valence-corrected chi connectivity index (χ1v) is 13.9. The molecule has 0 radical (unpaired) electrons. The smallest absolute Gasteiger partial charge is 0.229 e. The quantitative estimate of drug-likeness (QED) is 0.294. The van der Waals surface area contributed by atoms with Gasteiger partial charge in [0.15, 0.2) is 0 Å². The van der Waals surface area contributed by atoms with Crippen molar-refractivity contribution < 1.29 is 13.7 Å². The highest BCUT2D eigenvalue weighted by molar-refractivity contribution is 9.10. The summed E-state index contributed by atoms with van der Waals surface area (Å²) >= 11 is 3.52. The van der Waals surface area contributed by atoms with Gasteiger partial charge in [0.2, 0.25) is 5.95 Å². The molecule has 4 rings (SSSR count). The normalized spacial score (nSPS) is 14.4. The molecule has 3 N–H and O–H groups in total. The van der Waals surface area contributed by atoms with Crippen molar-refractivity contribution in [2.24, 2.45) is 0 Å². The number of nitrogens with zero attached hydrogens (tertiary/aromatic N) is 3. The Bertz CT molecular complexity index is 1190. The molecule has 2 heterocycles. The highest BCUT2D eigenvalue weighted by Gasteiger charge is 2.16. The van der Waals surface area contributed by atoms with Gasteiger partial charge in [-0.1, -0.05) is 19.1 Å². The SMILES string of the molecule is CCCNS(=O)c1ccccc1Nc1nc(Nc2ccc(N3CCOCC3)cc2OCC)ncc1Br. The Morgan fingerprint density at radius 2 is 1.92 bits per heavy atom. The first-order valence-electron chi connectivity index (χ1n) is 12.0. The first-order chi connectivity index (χ1) is 17.6. The number of halogens is 1. The molecule has 192 valence electrons. The van der Waals surface area contributed by atoms with Gasteiger partial charge in [-0.3, -0.25) is 0 Å². The second-order valence-electron chi connectivity index (χ2n) is 8.01. The molecule has 0 amide bonds. The van der Waals surface area contributed by atoms with E-state index in [0.29, 0.717) is 40.0 Å². The Hall–Kier alpha value is -2.73. The summed E-state index contributed by atoms with van der Waals surface area (Å²) in [6.07, 6.45) is 2.57. The van der Waals surface area contributed by atoms with Crippen LogP contribution in [0.4, 0.5) is 28.8 Å². The third-order valence-electron chi connectivity index (χ3n) is 5.45. The lowest BCUT2D eigenvalue weighted by molar-refractivity contribution is 0.122. The molecule has 1 unspecified atom stereocenters. The monoisotopic (exact) mass is 574 g/mol. The lowest BCUT2D eigenvalue weighted by atomic mass is 10.2. The lowest BCUT2D eigenvalue weighted by Gasteiger charge is -2.29. The van der Waals surface area contributed by atoms with Gasteiger partial charge >= 0.3 is 0 Å². The van der Waals surface area contributed by atoms with Crippen LogP contribution in [0.15, 0.2) is 58.0 Å². The number of aromatic nitrogens is 2. The topological polar surface area (TPSA) is 101 Å². The van der Waals surface area contributed by atoms with Crippen molar-refractivity contribution in [2.45, 2.75) is 25.2 Å². The molecule has 3 aromatic rings. The second kappa shape index (κ2) is 13.0. The fourth-order valence-corrected chi connectivity index (χ4v) is 5.03. The van der Waals surface area contributed by atoms with E-state index in [1.54, 1.807) is 6.20 Å². The van der Waals surface area contributed by atoms with Crippen molar-refractivity contribution in [3.8, 4) is 5.75 Å². The number of rotatable bonds is 11. The fourth-order valence-electron chi connectivity index (χ4n) is 3.67. The van der Waals surface area contributed by atoms with Crippen LogP contribution in [-0.2, 0) is 15.7 Å². The van der Waals surface area contributed by atoms with Crippen LogP contribution in [0.1, 0.15) is 20.3 Å².